The highest BCUT2D eigenvalue weighted by Gasteiger charge is 2.33. The molecule has 1 aliphatic heterocycles. The van der Waals surface area contributed by atoms with E-state index < -0.39 is 6.10 Å². The average molecular weight is 449 g/mol. The zero-order chi connectivity index (χ0) is 21.9. The molecule has 0 N–H and O–H groups in total. The summed E-state index contributed by atoms with van der Waals surface area (Å²) in [6.45, 7) is 3.60. The topological polar surface area (TPSA) is 69.5 Å². The first-order valence-electron chi connectivity index (χ1n) is 10.8. The van der Waals surface area contributed by atoms with E-state index in [1.165, 1.54) is 16.9 Å². The summed E-state index contributed by atoms with van der Waals surface area (Å²) in [4.78, 5) is 24.2. The SMILES string of the molecule is CCc1ccc2nc(N(CCCn3ccnc3)C(=O)[C@@H]3COc4ccccc4O3)sc2c1. The lowest BCUT2D eigenvalue weighted by Crippen LogP contribution is -2.47. The minimum Gasteiger partial charge on any atom is -0.485 e. The maximum Gasteiger partial charge on any atom is 0.273 e. The van der Waals surface area contributed by atoms with Crippen molar-refractivity contribution in [1.82, 2.24) is 14.5 Å². The maximum atomic E-state index is 13.6. The number of anilines is 1. The fraction of sp³-hybridized carbons (Fsp3) is 0.292. The fourth-order valence-corrected chi connectivity index (χ4v) is 4.80. The number of benzene rings is 2. The molecule has 164 valence electrons. The predicted molar refractivity (Wildman–Crippen MR) is 125 cm³/mol. The van der Waals surface area contributed by atoms with Crippen molar-refractivity contribution < 1.29 is 14.3 Å². The Kier molecular flexibility index (Phi) is 5.77. The van der Waals surface area contributed by atoms with Gasteiger partial charge in [0.1, 0.15) is 6.61 Å². The molecule has 32 heavy (non-hydrogen) atoms. The summed E-state index contributed by atoms with van der Waals surface area (Å²) < 4.78 is 14.9. The van der Waals surface area contributed by atoms with Gasteiger partial charge in [0, 0.05) is 25.5 Å². The Hall–Kier alpha value is -3.39. The highest BCUT2D eigenvalue weighted by Crippen LogP contribution is 2.34. The highest BCUT2D eigenvalue weighted by molar-refractivity contribution is 7.22. The zero-order valence-electron chi connectivity index (χ0n) is 17.8. The van der Waals surface area contributed by atoms with Gasteiger partial charge in [-0.15, -0.1) is 0 Å². The summed E-state index contributed by atoms with van der Waals surface area (Å²) in [6.07, 6.45) is 6.48. The van der Waals surface area contributed by atoms with Crippen molar-refractivity contribution in [3.8, 4) is 11.5 Å². The quantitative estimate of drug-likeness (QED) is 0.421. The van der Waals surface area contributed by atoms with Gasteiger partial charge < -0.3 is 14.0 Å². The van der Waals surface area contributed by atoms with Crippen LogP contribution in [0.3, 0.4) is 0 Å². The van der Waals surface area contributed by atoms with Crippen LogP contribution in [0, 0.1) is 0 Å². The molecule has 0 saturated heterocycles. The number of carbonyl (C=O) groups excluding carboxylic acids is 1. The molecule has 7 nitrogen and oxygen atoms in total. The van der Waals surface area contributed by atoms with Crippen LogP contribution in [0.25, 0.3) is 10.2 Å². The number of imidazole rings is 1. The van der Waals surface area contributed by atoms with E-state index in [9.17, 15) is 4.79 Å². The van der Waals surface area contributed by atoms with E-state index in [2.05, 4.69) is 24.0 Å². The molecule has 8 heteroatoms. The molecule has 3 heterocycles. The number of thiazole rings is 1. The molecule has 2 aromatic heterocycles. The zero-order valence-corrected chi connectivity index (χ0v) is 18.6. The van der Waals surface area contributed by atoms with Gasteiger partial charge in [-0.3, -0.25) is 9.69 Å². The minimum absolute atomic E-state index is 0.139. The van der Waals surface area contributed by atoms with Gasteiger partial charge in [-0.2, -0.15) is 0 Å². The summed E-state index contributed by atoms with van der Waals surface area (Å²) in [5.41, 5.74) is 2.16. The molecule has 0 radical (unpaired) electrons. The highest BCUT2D eigenvalue weighted by atomic mass is 32.1. The molecule has 0 spiro atoms. The van der Waals surface area contributed by atoms with Crippen LogP contribution < -0.4 is 14.4 Å². The van der Waals surface area contributed by atoms with E-state index in [1.54, 1.807) is 17.4 Å². The first-order chi connectivity index (χ1) is 15.7. The van der Waals surface area contributed by atoms with Crippen molar-refractivity contribution >= 4 is 32.6 Å². The molecule has 0 fully saturated rings. The Labute approximate surface area is 190 Å². The second-order valence-corrected chi connectivity index (χ2v) is 8.67. The summed E-state index contributed by atoms with van der Waals surface area (Å²) in [6, 6.07) is 13.7. The fourth-order valence-electron chi connectivity index (χ4n) is 3.74. The molecule has 0 saturated carbocycles. The van der Waals surface area contributed by atoms with Gasteiger partial charge in [-0.25, -0.2) is 9.97 Å². The smallest absolute Gasteiger partial charge is 0.273 e. The molecule has 1 aliphatic rings. The van der Waals surface area contributed by atoms with Crippen molar-refractivity contribution in [2.24, 2.45) is 0 Å². The monoisotopic (exact) mass is 448 g/mol. The summed E-state index contributed by atoms with van der Waals surface area (Å²) in [5.74, 6) is 1.11. The van der Waals surface area contributed by atoms with Crippen molar-refractivity contribution in [3.05, 3.63) is 66.7 Å². The molecule has 1 amide bonds. The lowest BCUT2D eigenvalue weighted by Gasteiger charge is -2.29. The van der Waals surface area contributed by atoms with Crippen LogP contribution in [-0.4, -0.2) is 39.7 Å². The lowest BCUT2D eigenvalue weighted by molar-refractivity contribution is -0.127. The largest absolute Gasteiger partial charge is 0.485 e. The van der Waals surface area contributed by atoms with Crippen molar-refractivity contribution in [3.63, 3.8) is 0 Å². The average Bonchev–Trinajstić information content (AvgIpc) is 3.50. The van der Waals surface area contributed by atoms with Gasteiger partial charge in [-0.05, 0) is 42.7 Å². The Morgan fingerprint density at radius 2 is 2.12 bits per heavy atom. The molecular formula is C24H24N4O3S. The standard InChI is InChI=1S/C24H24N4O3S/c1-2-17-8-9-18-22(14-17)32-24(26-18)28(12-5-11-27-13-10-25-16-27)23(29)21-15-30-19-6-3-4-7-20(19)31-21/h3-4,6-10,13-14,16,21H,2,5,11-12,15H2,1H3/t21-/m0/s1. The molecule has 2 aromatic carbocycles. The van der Waals surface area contributed by atoms with E-state index in [0.717, 1.165) is 29.6 Å². The van der Waals surface area contributed by atoms with Crippen LogP contribution in [0.4, 0.5) is 5.13 Å². The minimum atomic E-state index is -0.712. The number of carbonyl (C=O) groups is 1. The van der Waals surface area contributed by atoms with Crippen LogP contribution in [-0.2, 0) is 17.8 Å². The van der Waals surface area contributed by atoms with Gasteiger partial charge in [0.05, 0.1) is 16.5 Å². The number of amides is 1. The predicted octanol–water partition coefficient (Wildman–Crippen LogP) is 4.32. The van der Waals surface area contributed by atoms with E-state index in [0.29, 0.717) is 23.2 Å². The number of ether oxygens (including phenoxy) is 2. The second-order valence-electron chi connectivity index (χ2n) is 7.66. The number of aryl methyl sites for hydroxylation is 2. The lowest BCUT2D eigenvalue weighted by atomic mass is 10.2. The Bertz CT molecular complexity index is 1220. The van der Waals surface area contributed by atoms with Crippen molar-refractivity contribution in [1.29, 1.82) is 0 Å². The van der Waals surface area contributed by atoms with Gasteiger partial charge >= 0.3 is 0 Å². The Morgan fingerprint density at radius 1 is 1.25 bits per heavy atom. The Morgan fingerprint density at radius 3 is 2.94 bits per heavy atom. The number of para-hydroxylation sites is 2. The molecular weight excluding hydrogens is 424 g/mol. The van der Waals surface area contributed by atoms with Crippen molar-refractivity contribution in [2.45, 2.75) is 32.4 Å². The number of fused-ring (bicyclic) bond motifs is 2. The van der Waals surface area contributed by atoms with Crippen LogP contribution >= 0.6 is 11.3 Å². The third-order valence-electron chi connectivity index (χ3n) is 5.49. The normalized spacial score (nSPS) is 15.1. The van der Waals surface area contributed by atoms with Gasteiger partial charge in [-0.1, -0.05) is 36.5 Å². The number of rotatable bonds is 7. The molecule has 0 bridgehead atoms. The number of hydrogen-bond acceptors (Lipinski definition) is 6. The van der Waals surface area contributed by atoms with E-state index >= 15 is 0 Å². The van der Waals surface area contributed by atoms with Crippen LogP contribution in [0.1, 0.15) is 18.9 Å². The third kappa shape index (κ3) is 4.18. The summed E-state index contributed by atoms with van der Waals surface area (Å²) in [7, 11) is 0. The maximum absolute atomic E-state index is 13.6. The first kappa shape index (κ1) is 20.5. The first-order valence-corrected chi connectivity index (χ1v) is 11.6. The second kappa shape index (κ2) is 9.00. The molecule has 0 unspecified atom stereocenters. The molecule has 5 rings (SSSR count). The van der Waals surface area contributed by atoms with E-state index in [1.807, 2.05) is 41.1 Å². The number of aromatic nitrogens is 3. The van der Waals surface area contributed by atoms with Gasteiger partial charge in [0.25, 0.3) is 5.91 Å². The number of nitrogens with zero attached hydrogens (tertiary/aromatic N) is 4. The molecule has 0 aliphatic carbocycles. The summed E-state index contributed by atoms with van der Waals surface area (Å²) >= 11 is 1.54. The number of hydrogen-bond donors (Lipinski definition) is 0. The van der Waals surface area contributed by atoms with Crippen molar-refractivity contribution in [2.75, 3.05) is 18.1 Å². The van der Waals surface area contributed by atoms with Gasteiger partial charge in [0.2, 0.25) is 6.10 Å². The Balaban J connectivity index is 1.40. The third-order valence-corrected chi connectivity index (χ3v) is 6.53. The molecule has 4 aromatic rings. The van der Waals surface area contributed by atoms with Crippen LogP contribution in [0.5, 0.6) is 11.5 Å². The van der Waals surface area contributed by atoms with Crippen LogP contribution in [0.15, 0.2) is 61.2 Å². The summed E-state index contributed by atoms with van der Waals surface area (Å²) in [5, 5.41) is 0.686. The van der Waals surface area contributed by atoms with Crippen LogP contribution in [0.2, 0.25) is 0 Å². The van der Waals surface area contributed by atoms with Gasteiger partial charge in [0.15, 0.2) is 16.6 Å². The van der Waals surface area contributed by atoms with E-state index in [4.69, 9.17) is 14.5 Å². The molecule has 1 atom stereocenters. The van der Waals surface area contributed by atoms with E-state index in [-0.39, 0.29) is 12.5 Å².